The van der Waals surface area contributed by atoms with E-state index in [2.05, 4.69) is 20.9 Å². The molecule has 3 amide bonds. The average Bonchev–Trinajstić information content (AvgIpc) is 3.34. The Kier molecular flexibility index (Phi) is 5.09. The molecule has 34 heavy (non-hydrogen) atoms. The number of amides is 3. The first-order chi connectivity index (χ1) is 16.3. The van der Waals surface area contributed by atoms with Crippen LogP contribution in [0.25, 0.3) is 11.0 Å². The number of benzene rings is 3. The van der Waals surface area contributed by atoms with Gasteiger partial charge < -0.3 is 10.2 Å². The molecular formula is C25H22N6O3. The summed E-state index contributed by atoms with van der Waals surface area (Å²) in [6.45, 7) is 3.71. The van der Waals surface area contributed by atoms with E-state index in [0.717, 1.165) is 16.9 Å². The molecule has 0 radical (unpaired) electrons. The summed E-state index contributed by atoms with van der Waals surface area (Å²) in [7, 11) is 0. The van der Waals surface area contributed by atoms with Crippen LogP contribution in [0.3, 0.4) is 0 Å². The van der Waals surface area contributed by atoms with Crippen molar-refractivity contribution in [3.8, 4) is 0 Å². The van der Waals surface area contributed by atoms with Crippen molar-refractivity contribution < 1.29 is 14.4 Å². The number of urea groups is 1. The van der Waals surface area contributed by atoms with Gasteiger partial charge in [0.15, 0.2) is 0 Å². The normalized spacial score (nSPS) is 14.9. The molecule has 0 aliphatic carbocycles. The third-order valence-electron chi connectivity index (χ3n) is 6.00. The summed E-state index contributed by atoms with van der Waals surface area (Å²) in [5.41, 5.74) is 3.27. The van der Waals surface area contributed by atoms with Gasteiger partial charge in [-0.05, 0) is 61.9 Å². The Morgan fingerprint density at radius 1 is 0.971 bits per heavy atom. The van der Waals surface area contributed by atoms with E-state index >= 15 is 0 Å². The van der Waals surface area contributed by atoms with Crippen LogP contribution in [0.4, 0.5) is 16.2 Å². The molecule has 0 atom stereocenters. The number of anilines is 2. The number of para-hydroxylation sites is 2. The van der Waals surface area contributed by atoms with Crippen molar-refractivity contribution in [2.75, 3.05) is 5.32 Å². The Labute approximate surface area is 195 Å². The number of imide groups is 1. The highest BCUT2D eigenvalue weighted by Crippen LogP contribution is 2.28. The van der Waals surface area contributed by atoms with E-state index in [1.807, 2.05) is 36.4 Å². The smallest absolute Gasteiger partial charge is 0.325 e. The van der Waals surface area contributed by atoms with Crippen LogP contribution >= 0.6 is 0 Å². The first-order valence-electron chi connectivity index (χ1n) is 10.8. The molecule has 4 aromatic rings. The molecule has 1 aliphatic rings. The Morgan fingerprint density at radius 2 is 1.68 bits per heavy atom. The molecule has 0 saturated carbocycles. The maximum absolute atomic E-state index is 12.9. The first kappa shape index (κ1) is 21.3. The quantitative estimate of drug-likeness (QED) is 0.445. The zero-order valence-electron chi connectivity index (χ0n) is 18.6. The number of hydrogen-bond donors (Lipinski definition) is 2. The number of nitrogens with one attached hydrogen (secondary N) is 2. The van der Waals surface area contributed by atoms with Gasteiger partial charge >= 0.3 is 6.03 Å². The summed E-state index contributed by atoms with van der Waals surface area (Å²) in [6.07, 6.45) is 0. The predicted molar refractivity (Wildman–Crippen MR) is 127 cm³/mol. The van der Waals surface area contributed by atoms with Gasteiger partial charge in [0.2, 0.25) is 0 Å². The molecule has 0 spiro atoms. The molecule has 5 rings (SSSR count). The minimum absolute atomic E-state index is 0.268. The summed E-state index contributed by atoms with van der Waals surface area (Å²) in [4.78, 5) is 38.8. The van der Waals surface area contributed by atoms with Crippen LogP contribution in [0, 0.1) is 0 Å². The predicted octanol–water partition coefficient (Wildman–Crippen LogP) is 3.69. The van der Waals surface area contributed by atoms with Crippen LogP contribution in [0.2, 0.25) is 0 Å². The van der Waals surface area contributed by atoms with Crippen molar-refractivity contribution in [1.82, 2.24) is 25.2 Å². The van der Waals surface area contributed by atoms with Crippen molar-refractivity contribution >= 4 is 40.3 Å². The van der Waals surface area contributed by atoms with Crippen LogP contribution in [-0.2, 0) is 11.3 Å². The van der Waals surface area contributed by atoms with E-state index in [9.17, 15) is 14.4 Å². The summed E-state index contributed by atoms with van der Waals surface area (Å²) in [6, 6.07) is 21.5. The lowest BCUT2D eigenvalue weighted by molar-refractivity contribution is -0.125. The highest BCUT2D eigenvalue weighted by atomic mass is 16.2. The van der Waals surface area contributed by atoms with E-state index in [4.69, 9.17) is 0 Å². The second kappa shape index (κ2) is 8.11. The molecular weight excluding hydrogens is 432 g/mol. The maximum atomic E-state index is 12.9. The van der Waals surface area contributed by atoms with Crippen molar-refractivity contribution in [3.63, 3.8) is 0 Å². The number of rotatable bonds is 5. The first-order valence-corrected chi connectivity index (χ1v) is 10.8. The van der Waals surface area contributed by atoms with Crippen LogP contribution in [-0.4, -0.2) is 43.3 Å². The van der Waals surface area contributed by atoms with Crippen molar-refractivity contribution in [1.29, 1.82) is 0 Å². The molecule has 0 bridgehead atoms. The summed E-state index contributed by atoms with van der Waals surface area (Å²) in [5.74, 6) is -0.587. The molecule has 170 valence electrons. The molecule has 9 heteroatoms. The van der Waals surface area contributed by atoms with E-state index in [-0.39, 0.29) is 18.4 Å². The SMILES string of the molecule is CC1(C)C(=O)NC(=O)N1Cc1ccccc1Nc1ccc(C(=O)n2nnc3ccccc32)cc1. The number of fused-ring (bicyclic) bond motifs is 1. The Bertz CT molecular complexity index is 1420. The summed E-state index contributed by atoms with van der Waals surface area (Å²) < 4.78 is 1.29. The molecule has 1 saturated heterocycles. The summed E-state index contributed by atoms with van der Waals surface area (Å²) in [5, 5.41) is 13.7. The monoisotopic (exact) mass is 454 g/mol. The van der Waals surface area contributed by atoms with Gasteiger partial charge in [-0.25, -0.2) is 4.79 Å². The molecule has 3 aromatic carbocycles. The molecule has 2 N–H and O–H groups in total. The minimum Gasteiger partial charge on any atom is -0.355 e. The van der Waals surface area contributed by atoms with Crippen molar-refractivity contribution in [2.45, 2.75) is 25.9 Å². The molecule has 2 heterocycles. The van der Waals surface area contributed by atoms with Crippen LogP contribution in [0.1, 0.15) is 29.8 Å². The highest BCUT2D eigenvalue weighted by Gasteiger charge is 2.45. The molecule has 0 unspecified atom stereocenters. The van der Waals surface area contributed by atoms with Crippen molar-refractivity contribution in [2.24, 2.45) is 0 Å². The minimum atomic E-state index is -0.933. The topological polar surface area (TPSA) is 109 Å². The third kappa shape index (κ3) is 3.66. The second-order valence-corrected chi connectivity index (χ2v) is 8.56. The van der Waals surface area contributed by atoms with Gasteiger partial charge in [-0.2, -0.15) is 4.68 Å². The van der Waals surface area contributed by atoms with E-state index in [0.29, 0.717) is 16.6 Å². The van der Waals surface area contributed by atoms with E-state index < -0.39 is 11.6 Å². The number of aromatic nitrogens is 3. The summed E-state index contributed by atoms with van der Waals surface area (Å²) >= 11 is 0. The Morgan fingerprint density at radius 3 is 2.41 bits per heavy atom. The van der Waals surface area contributed by atoms with Gasteiger partial charge in [-0.15, -0.1) is 5.10 Å². The fraction of sp³-hybridized carbons (Fsp3) is 0.160. The van der Waals surface area contributed by atoms with Gasteiger partial charge in [0, 0.05) is 16.9 Å². The zero-order chi connectivity index (χ0) is 23.9. The molecule has 1 fully saturated rings. The lowest BCUT2D eigenvalue weighted by Gasteiger charge is -2.28. The number of hydrogen-bond acceptors (Lipinski definition) is 6. The number of carbonyl (C=O) groups excluding carboxylic acids is 3. The molecule has 1 aromatic heterocycles. The fourth-order valence-electron chi connectivity index (χ4n) is 3.91. The largest absolute Gasteiger partial charge is 0.355 e. The fourth-order valence-corrected chi connectivity index (χ4v) is 3.91. The van der Waals surface area contributed by atoms with Gasteiger partial charge in [-0.3, -0.25) is 14.9 Å². The number of carbonyl (C=O) groups is 3. The van der Waals surface area contributed by atoms with Crippen LogP contribution in [0.15, 0.2) is 72.8 Å². The average molecular weight is 454 g/mol. The standard InChI is InChI=1S/C25H22N6O3/c1-25(2)23(33)27-24(34)30(25)15-17-7-3-4-8-19(17)26-18-13-11-16(12-14-18)22(32)31-21-10-6-5-9-20(21)28-29-31/h3-14,26H,15H2,1-2H3,(H,27,33,34). The lowest BCUT2D eigenvalue weighted by atomic mass is 10.0. The van der Waals surface area contributed by atoms with Crippen LogP contribution < -0.4 is 10.6 Å². The Hall–Kier alpha value is -4.53. The van der Waals surface area contributed by atoms with Gasteiger partial charge in [0.25, 0.3) is 11.8 Å². The van der Waals surface area contributed by atoms with Crippen molar-refractivity contribution in [3.05, 3.63) is 83.9 Å². The molecule has 1 aliphatic heterocycles. The lowest BCUT2D eigenvalue weighted by Crippen LogP contribution is -2.43. The second-order valence-electron chi connectivity index (χ2n) is 8.56. The number of nitrogens with zero attached hydrogens (tertiary/aromatic N) is 4. The highest BCUT2D eigenvalue weighted by molar-refractivity contribution is 6.06. The molecule has 9 nitrogen and oxygen atoms in total. The van der Waals surface area contributed by atoms with E-state index in [1.165, 1.54) is 9.58 Å². The van der Waals surface area contributed by atoms with E-state index in [1.54, 1.807) is 50.2 Å². The van der Waals surface area contributed by atoms with Gasteiger partial charge in [0.05, 0.1) is 12.1 Å². The van der Waals surface area contributed by atoms with Crippen LogP contribution in [0.5, 0.6) is 0 Å². The third-order valence-corrected chi connectivity index (χ3v) is 6.00. The van der Waals surface area contributed by atoms with Gasteiger partial charge in [-0.1, -0.05) is 35.5 Å². The zero-order valence-corrected chi connectivity index (χ0v) is 18.6. The Balaban J connectivity index is 1.35. The maximum Gasteiger partial charge on any atom is 0.325 e. The van der Waals surface area contributed by atoms with Gasteiger partial charge in [0.1, 0.15) is 11.1 Å².